The molecular weight excluding hydrogens is 228 g/mol. The normalized spacial score (nSPS) is 14.3. The Bertz CT molecular complexity index is 267. The summed E-state index contributed by atoms with van der Waals surface area (Å²) in [6.07, 6.45) is 2.41. The molecule has 98 valence electrons. The largest absolute Gasteiger partial charge is 0.392 e. The molecule has 16 heavy (non-hydrogen) atoms. The summed E-state index contributed by atoms with van der Waals surface area (Å²) in [7, 11) is -3.07. The Hall–Kier alpha value is -0.170. The molecule has 6 heteroatoms. The molecule has 0 aromatic carbocycles. The first-order valence-corrected chi connectivity index (χ1v) is 7.60. The lowest BCUT2D eigenvalue weighted by molar-refractivity contribution is 0.167. The Morgan fingerprint density at radius 3 is 2.44 bits per heavy atom. The maximum absolute atomic E-state index is 11.2. The molecule has 1 atom stereocenters. The molecule has 0 aromatic rings. The summed E-state index contributed by atoms with van der Waals surface area (Å²) in [6, 6.07) is 0. The van der Waals surface area contributed by atoms with E-state index in [1.165, 1.54) is 10.6 Å². The first kappa shape index (κ1) is 15.8. The van der Waals surface area contributed by atoms with Crippen LogP contribution in [-0.4, -0.2) is 56.4 Å². The van der Waals surface area contributed by atoms with Crippen LogP contribution in [0.15, 0.2) is 0 Å². The molecule has 2 N–H and O–H groups in total. The van der Waals surface area contributed by atoms with Gasteiger partial charge in [-0.2, -0.15) is 0 Å². The second-order valence-corrected chi connectivity index (χ2v) is 5.86. The van der Waals surface area contributed by atoms with Crippen LogP contribution < -0.4 is 5.32 Å². The standard InChI is InChI=1S/C10H24N2O3S/c1-4-10(13)9-11-7-6-8-12(5-2)16(3,14)15/h10-11,13H,4-9H2,1-3H3. The number of nitrogens with zero attached hydrogens (tertiary/aromatic N) is 1. The summed E-state index contributed by atoms with van der Waals surface area (Å²) in [6.45, 7) is 6.09. The average Bonchev–Trinajstić information content (AvgIpc) is 2.20. The molecular formula is C10H24N2O3S. The Morgan fingerprint density at radius 1 is 1.38 bits per heavy atom. The number of rotatable bonds is 9. The molecule has 0 aliphatic carbocycles. The maximum Gasteiger partial charge on any atom is 0.211 e. The molecule has 0 aliphatic heterocycles. The number of aliphatic hydroxyl groups excluding tert-OH is 1. The van der Waals surface area contributed by atoms with Crippen LogP contribution in [0, 0.1) is 0 Å². The highest BCUT2D eigenvalue weighted by atomic mass is 32.2. The molecule has 5 nitrogen and oxygen atoms in total. The van der Waals surface area contributed by atoms with Crippen LogP contribution in [0.3, 0.4) is 0 Å². The molecule has 0 fully saturated rings. The topological polar surface area (TPSA) is 69.6 Å². The fraction of sp³-hybridized carbons (Fsp3) is 1.00. The van der Waals surface area contributed by atoms with Crippen molar-refractivity contribution in [3.8, 4) is 0 Å². The van der Waals surface area contributed by atoms with Gasteiger partial charge in [0.05, 0.1) is 12.4 Å². The smallest absolute Gasteiger partial charge is 0.211 e. The fourth-order valence-electron chi connectivity index (χ4n) is 1.35. The molecule has 0 aromatic heterocycles. The summed E-state index contributed by atoms with van der Waals surface area (Å²) in [5.41, 5.74) is 0. The second-order valence-electron chi connectivity index (χ2n) is 3.87. The molecule has 0 saturated heterocycles. The number of sulfonamides is 1. The van der Waals surface area contributed by atoms with Crippen LogP contribution in [0.5, 0.6) is 0 Å². The first-order valence-electron chi connectivity index (χ1n) is 5.75. The van der Waals surface area contributed by atoms with Crippen molar-refractivity contribution >= 4 is 10.0 Å². The van der Waals surface area contributed by atoms with Crippen LogP contribution in [0.25, 0.3) is 0 Å². The first-order chi connectivity index (χ1) is 7.41. The predicted molar refractivity (Wildman–Crippen MR) is 65.9 cm³/mol. The second kappa shape index (κ2) is 8.00. The summed E-state index contributed by atoms with van der Waals surface area (Å²) in [4.78, 5) is 0. The average molecular weight is 252 g/mol. The van der Waals surface area contributed by atoms with E-state index in [4.69, 9.17) is 0 Å². The Kier molecular flexibility index (Phi) is 7.91. The van der Waals surface area contributed by atoms with Crippen molar-refractivity contribution < 1.29 is 13.5 Å². The van der Waals surface area contributed by atoms with E-state index in [1.54, 1.807) is 0 Å². The van der Waals surface area contributed by atoms with Crippen LogP contribution in [0.2, 0.25) is 0 Å². The van der Waals surface area contributed by atoms with Crippen LogP contribution in [0.4, 0.5) is 0 Å². The minimum atomic E-state index is -3.07. The van der Waals surface area contributed by atoms with Crippen LogP contribution in [-0.2, 0) is 10.0 Å². The lowest BCUT2D eigenvalue weighted by atomic mass is 10.3. The van der Waals surface area contributed by atoms with Crippen molar-refractivity contribution in [1.82, 2.24) is 9.62 Å². The predicted octanol–water partition coefficient (Wildman–Crippen LogP) is 0.0185. The van der Waals surface area contributed by atoms with E-state index in [2.05, 4.69) is 5.32 Å². The summed E-state index contributed by atoms with van der Waals surface area (Å²) in [5.74, 6) is 0. The van der Waals surface area contributed by atoms with E-state index in [0.717, 1.165) is 19.4 Å². The third-order valence-corrected chi connectivity index (χ3v) is 3.81. The van der Waals surface area contributed by atoms with Gasteiger partial charge in [-0.25, -0.2) is 12.7 Å². The molecule has 0 saturated carbocycles. The molecule has 0 amide bonds. The highest BCUT2D eigenvalue weighted by molar-refractivity contribution is 7.88. The van der Waals surface area contributed by atoms with E-state index in [-0.39, 0.29) is 6.10 Å². The van der Waals surface area contributed by atoms with Gasteiger partial charge in [0.2, 0.25) is 10.0 Å². The van der Waals surface area contributed by atoms with Gasteiger partial charge in [0.25, 0.3) is 0 Å². The van der Waals surface area contributed by atoms with Gasteiger partial charge in [0.1, 0.15) is 0 Å². The van der Waals surface area contributed by atoms with Crippen LogP contribution >= 0.6 is 0 Å². The van der Waals surface area contributed by atoms with Gasteiger partial charge in [0.15, 0.2) is 0 Å². The van der Waals surface area contributed by atoms with Crippen molar-refractivity contribution in [3.05, 3.63) is 0 Å². The van der Waals surface area contributed by atoms with Crippen LogP contribution in [0.1, 0.15) is 26.7 Å². The Morgan fingerprint density at radius 2 is 2.00 bits per heavy atom. The van der Waals surface area contributed by atoms with Gasteiger partial charge < -0.3 is 10.4 Å². The molecule has 0 aliphatic rings. The third-order valence-electron chi connectivity index (χ3n) is 2.43. The van der Waals surface area contributed by atoms with E-state index in [9.17, 15) is 13.5 Å². The zero-order valence-corrected chi connectivity index (χ0v) is 11.3. The van der Waals surface area contributed by atoms with Gasteiger partial charge >= 0.3 is 0 Å². The lowest BCUT2D eigenvalue weighted by Crippen LogP contribution is -2.33. The van der Waals surface area contributed by atoms with Gasteiger partial charge in [-0.05, 0) is 19.4 Å². The van der Waals surface area contributed by atoms with Crippen molar-refractivity contribution in [2.75, 3.05) is 32.4 Å². The molecule has 1 unspecified atom stereocenters. The van der Waals surface area contributed by atoms with Crippen molar-refractivity contribution in [1.29, 1.82) is 0 Å². The SMILES string of the molecule is CCC(O)CNCCCN(CC)S(C)(=O)=O. The molecule has 0 rings (SSSR count). The molecule has 0 radical (unpaired) electrons. The minimum Gasteiger partial charge on any atom is -0.392 e. The van der Waals surface area contributed by atoms with Gasteiger partial charge in [-0.3, -0.25) is 0 Å². The Balaban J connectivity index is 3.65. The summed E-state index contributed by atoms with van der Waals surface area (Å²) < 4.78 is 23.9. The summed E-state index contributed by atoms with van der Waals surface area (Å²) >= 11 is 0. The fourth-order valence-corrected chi connectivity index (χ4v) is 2.28. The van der Waals surface area contributed by atoms with Gasteiger partial charge in [-0.1, -0.05) is 13.8 Å². The van der Waals surface area contributed by atoms with E-state index < -0.39 is 10.0 Å². The highest BCUT2D eigenvalue weighted by Gasteiger charge is 2.12. The van der Waals surface area contributed by atoms with Crippen molar-refractivity contribution in [2.45, 2.75) is 32.8 Å². The monoisotopic (exact) mass is 252 g/mol. The van der Waals surface area contributed by atoms with E-state index in [0.29, 0.717) is 19.6 Å². The van der Waals surface area contributed by atoms with Crippen molar-refractivity contribution in [2.24, 2.45) is 0 Å². The maximum atomic E-state index is 11.2. The number of hydrogen-bond donors (Lipinski definition) is 2. The number of hydrogen-bond acceptors (Lipinski definition) is 4. The summed E-state index contributed by atoms with van der Waals surface area (Å²) in [5, 5.41) is 12.4. The quantitative estimate of drug-likeness (QED) is 0.568. The third kappa shape index (κ3) is 7.16. The lowest BCUT2D eigenvalue weighted by Gasteiger charge is -2.17. The molecule has 0 spiro atoms. The van der Waals surface area contributed by atoms with Crippen molar-refractivity contribution in [3.63, 3.8) is 0 Å². The van der Waals surface area contributed by atoms with E-state index >= 15 is 0 Å². The number of aliphatic hydroxyl groups is 1. The molecule has 0 heterocycles. The number of nitrogens with one attached hydrogen (secondary N) is 1. The minimum absolute atomic E-state index is 0.308. The molecule has 0 bridgehead atoms. The zero-order chi connectivity index (χ0) is 12.6. The zero-order valence-electron chi connectivity index (χ0n) is 10.4. The van der Waals surface area contributed by atoms with Gasteiger partial charge in [-0.15, -0.1) is 0 Å². The highest BCUT2D eigenvalue weighted by Crippen LogP contribution is 1.98. The van der Waals surface area contributed by atoms with E-state index in [1.807, 2.05) is 13.8 Å². The van der Waals surface area contributed by atoms with Gasteiger partial charge in [0, 0.05) is 19.6 Å². The Labute approximate surface area is 98.9 Å².